The van der Waals surface area contributed by atoms with Crippen molar-refractivity contribution in [2.24, 2.45) is 0 Å². The van der Waals surface area contributed by atoms with E-state index in [4.69, 9.17) is 4.74 Å². The number of nitrogens with zero attached hydrogens (tertiary/aromatic N) is 2. The molecule has 0 spiro atoms. The number of carbonyl (C=O) groups excluding carboxylic acids is 2. The SMILES string of the molecule is COC(=O)c1ccc(-n2ncc(C(=O)OC(C)(C)C)c2SC)cc1. The molecule has 24 heavy (non-hydrogen) atoms. The van der Waals surface area contributed by atoms with E-state index >= 15 is 0 Å². The van der Waals surface area contributed by atoms with Crippen LogP contribution in [0.15, 0.2) is 35.5 Å². The molecule has 0 saturated heterocycles. The van der Waals surface area contributed by atoms with Crippen LogP contribution in [0.1, 0.15) is 41.5 Å². The molecule has 1 heterocycles. The second kappa shape index (κ2) is 7.09. The van der Waals surface area contributed by atoms with Crippen molar-refractivity contribution in [2.45, 2.75) is 31.4 Å². The zero-order valence-electron chi connectivity index (χ0n) is 14.3. The first-order chi connectivity index (χ1) is 11.3. The number of carbonyl (C=O) groups is 2. The van der Waals surface area contributed by atoms with Gasteiger partial charge in [-0.05, 0) is 51.3 Å². The Hall–Kier alpha value is -2.28. The maximum Gasteiger partial charge on any atom is 0.343 e. The number of hydrogen-bond acceptors (Lipinski definition) is 6. The summed E-state index contributed by atoms with van der Waals surface area (Å²) in [5.41, 5.74) is 1.03. The molecule has 0 N–H and O–H groups in total. The van der Waals surface area contributed by atoms with E-state index < -0.39 is 17.5 Å². The van der Waals surface area contributed by atoms with Gasteiger partial charge >= 0.3 is 11.9 Å². The van der Waals surface area contributed by atoms with Gasteiger partial charge in [0.2, 0.25) is 0 Å². The highest BCUT2D eigenvalue weighted by atomic mass is 32.2. The maximum absolute atomic E-state index is 12.3. The molecular formula is C17H20N2O4S. The van der Waals surface area contributed by atoms with Gasteiger partial charge in [-0.15, -0.1) is 11.8 Å². The second-order valence-corrected chi connectivity index (χ2v) is 6.81. The molecule has 6 nitrogen and oxygen atoms in total. The number of rotatable bonds is 4. The zero-order valence-corrected chi connectivity index (χ0v) is 15.1. The summed E-state index contributed by atoms with van der Waals surface area (Å²) in [6.07, 6.45) is 3.36. The molecule has 0 bridgehead atoms. The monoisotopic (exact) mass is 348 g/mol. The van der Waals surface area contributed by atoms with E-state index in [1.165, 1.54) is 25.1 Å². The molecule has 1 aromatic heterocycles. The summed E-state index contributed by atoms with van der Waals surface area (Å²) in [5, 5.41) is 4.96. The van der Waals surface area contributed by atoms with E-state index in [-0.39, 0.29) is 0 Å². The normalized spacial score (nSPS) is 11.2. The van der Waals surface area contributed by atoms with Crippen LogP contribution in [0.2, 0.25) is 0 Å². The fourth-order valence-corrected chi connectivity index (χ4v) is 2.73. The molecule has 0 amide bonds. The minimum atomic E-state index is -0.572. The van der Waals surface area contributed by atoms with Crippen LogP contribution in [-0.4, -0.2) is 40.7 Å². The van der Waals surface area contributed by atoms with Crippen molar-refractivity contribution in [3.05, 3.63) is 41.6 Å². The van der Waals surface area contributed by atoms with Crippen molar-refractivity contribution in [3.8, 4) is 5.69 Å². The second-order valence-electron chi connectivity index (χ2n) is 6.02. The van der Waals surface area contributed by atoms with E-state index in [1.807, 2.05) is 27.0 Å². The third kappa shape index (κ3) is 3.97. The fraction of sp³-hybridized carbons (Fsp3) is 0.353. The predicted molar refractivity (Wildman–Crippen MR) is 91.9 cm³/mol. The summed E-state index contributed by atoms with van der Waals surface area (Å²) in [5.74, 6) is -0.814. The smallest absolute Gasteiger partial charge is 0.343 e. The van der Waals surface area contributed by atoms with Gasteiger partial charge in [0.15, 0.2) is 0 Å². The Kier molecular flexibility index (Phi) is 5.33. The van der Waals surface area contributed by atoms with Crippen LogP contribution in [0.4, 0.5) is 0 Å². The third-order valence-electron chi connectivity index (χ3n) is 3.07. The van der Waals surface area contributed by atoms with Crippen LogP contribution >= 0.6 is 11.8 Å². The molecule has 0 saturated carbocycles. The minimum Gasteiger partial charge on any atom is -0.465 e. The molecule has 0 unspecified atom stereocenters. The van der Waals surface area contributed by atoms with E-state index in [1.54, 1.807) is 28.9 Å². The van der Waals surface area contributed by atoms with Crippen LogP contribution in [0.5, 0.6) is 0 Å². The van der Waals surface area contributed by atoms with Gasteiger partial charge in [-0.1, -0.05) is 0 Å². The third-order valence-corrected chi connectivity index (χ3v) is 3.85. The average molecular weight is 348 g/mol. The van der Waals surface area contributed by atoms with Crippen molar-refractivity contribution >= 4 is 23.7 Å². The minimum absolute atomic E-state index is 0.401. The van der Waals surface area contributed by atoms with Gasteiger partial charge in [-0.2, -0.15) is 5.10 Å². The molecule has 0 radical (unpaired) electrons. The fourth-order valence-electron chi connectivity index (χ4n) is 2.05. The van der Waals surface area contributed by atoms with Gasteiger partial charge in [0.05, 0.1) is 24.6 Å². The van der Waals surface area contributed by atoms with Gasteiger partial charge in [0.1, 0.15) is 16.2 Å². The maximum atomic E-state index is 12.3. The van der Waals surface area contributed by atoms with Crippen LogP contribution in [0.3, 0.4) is 0 Å². The van der Waals surface area contributed by atoms with Crippen molar-refractivity contribution in [2.75, 3.05) is 13.4 Å². The highest BCUT2D eigenvalue weighted by Crippen LogP contribution is 2.26. The van der Waals surface area contributed by atoms with Gasteiger partial charge in [0.25, 0.3) is 0 Å². The average Bonchev–Trinajstić information content (AvgIpc) is 2.96. The summed E-state index contributed by atoms with van der Waals surface area (Å²) in [7, 11) is 1.34. The standard InChI is InChI=1S/C17H20N2O4S/c1-17(2,3)23-16(21)13-10-18-19(14(13)24-5)12-8-6-11(7-9-12)15(20)22-4/h6-10H,1-5H3. The number of hydrogen-bond donors (Lipinski definition) is 0. The molecule has 0 fully saturated rings. The van der Waals surface area contributed by atoms with E-state index in [0.717, 1.165) is 5.69 Å². The Morgan fingerprint density at radius 1 is 1.12 bits per heavy atom. The molecule has 1 aromatic carbocycles. The highest BCUT2D eigenvalue weighted by Gasteiger charge is 2.24. The van der Waals surface area contributed by atoms with E-state index in [2.05, 4.69) is 9.84 Å². The van der Waals surface area contributed by atoms with Crippen LogP contribution in [0, 0.1) is 0 Å². The molecule has 2 aromatic rings. The van der Waals surface area contributed by atoms with Crippen molar-refractivity contribution in [3.63, 3.8) is 0 Å². The molecule has 128 valence electrons. The summed E-state index contributed by atoms with van der Waals surface area (Å²) >= 11 is 1.40. The molecule has 0 aliphatic heterocycles. The molecule has 2 rings (SSSR count). The molecule has 0 aliphatic carbocycles. The summed E-state index contributed by atoms with van der Waals surface area (Å²) in [6, 6.07) is 6.80. The molecule has 0 atom stereocenters. The number of methoxy groups -OCH3 is 1. The summed E-state index contributed by atoms with van der Waals surface area (Å²) in [4.78, 5) is 23.8. The molecule has 0 aliphatic rings. The van der Waals surface area contributed by atoms with Gasteiger partial charge < -0.3 is 9.47 Å². The lowest BCUT2D eigenvalue weighted by atomic mass is 10.2. The molecule has 7 heteroatoms. The number of thioether (sulfide) groups is 1. The first-order valence-corrected chi connectivity index (χ1v) is 8.53. The zero-order chi connectivity index (χ0) is 17.9. The summed E-state index contributed by atoms with van der Waals surface area (Å²) in [6.45, 7) is 5.46. The Labute approximate surface area is 145 Å². The van der Waals surface area contributed by atoms with E-state index in [9.17, 15) is 9.59 Å². The topological polar surface area (TPSA) is 70.4 Å². The predicted octanol–water partition coefficient (Wildman–Crippen LogP) is 3.34. The van der Waals surface area contributed by atoms with Gasteiger partial charge in [-0.25, -0.2) is 14.3 Å². The number of ether oxygens (including phenoxy) is 2. The largest absolute Gasteiger partial charge is 0.465 e. The first kappa shape index (κ1) is 18.1. The van der Waals surface area contributed by atoms with Gasteiger partial charge in [-0.3, -0.25) is 0 Å². The highest BCUT2D eigenvalue weighted by molar-refractivity contribution is 7.98. The molecular weight excluding hydrogens is 328 g/mol. The van der Waals surface area contributed by atoms with Crippen molar-refractivity contribution in [1.29, 1.82) is 0 Å². The Morgan fingerprint density at radius 3 is 2.25 bits per heavy atom. The lowest BCUT2D eigenvalue weighted by Gasteiger charge is -2.19. The Bertz CT molecular complexity index is 745. The van der Waals surface area contributed by atoms with Gasteiger partial charge in [0, 0.05) is 0 Å². The quantitative estimate of drug-likeness (QED) is 0.623. The van der Waals surface area contributed by atoms with Crippen molar-refractivity contribution < 1.29 is 19.1 Å². The van der Waals surface area contributed by atoms with Crippen molar-refractivity contribution in [1.82, 2.24) is 9.78 Å². The lowest BCUT2D eigenvalue weighted by molar-refractivity contribution is 0.00652. The van der Waals surface area contributed by atoms with E-state index in [0.29, 0.717) is 16.2 Å². The Morgan fingerprint density at radius 2 is 1.75 bits per heavy atom. The summed E-state index contributed by atoms with van der Waals surface area (Å²) < 4.78 is 11.7. The van der Waals surface area contributed by atoms with Crippen LogP contribution < -0.4 is 0 Å². The Balaban J connectivity index is 2.35. The number of esters is 2. The van der Waals surface area contributed by atoms with Crippen LogP contribution in [-0.2, 0) is 9.47 Å². The lowest BCUT2D eigenvalue weighted by Crippen LogP contribution is -2.24. The number of benzene rings is 1. The number of aromatic nitrogens is 2. The first-order valence-electron chi connectivity index (χ1n) is 7.31. The van der Waals surface area contributed by atoms with Crippen LogP contribution in [0.25, 0.3) is 5.69 Å².